The van der Waals surface area contributed by atoms with Crippen molar-refractivity contribution < 1.29 is 4.74 Å². The Morgan fingerprint density at radius 2 is 1.85 bits per heavy atom. The molecule has 0 aliphatic carbocycles. The molecule has 0 radical (unpaired) electrons. The standard InChI is InChI=1S/C16H17BrClNO/c1-10-8-13(17)9-15(20-3)16(10)19-11(2)12-4-6-14(18)7-5-12/h4-9,11,19H,1-3H3. The van der Waals surface area contributed by atoms with Gasteiger partial charge in [0.2, 0.25) is 0 Å². The van der Waals surface area contributed by atoms with Gasteiger partial charge >= 0.3 is 0 Å². The first-order valence-corrected chi connectivity index (χ1v) is 7.54. The highest BCUT2D eigenvalue weighted by Gasteiger charge is 2.12. The SMILES string of the molecule is COc1cc(Br)cc(C)c1NC(C)c1ccc(Cl)cc1. The summed E-state index contributed by atoms with van der Waals surface area (Å²) in [5.74, 6) is 0.831. The van der Waals surface area contributed by atoms with Gasteiger partial charge in [0.15, 0.2) is 0 Å². The average Bonchev–Trinajstić information content (AvgIpc) is 2.42. The minimum absolute atomic E-state index is 0.168. The highest BCUT2D eigenvalue weighted by Crippen LogP contribution is 2.34. The fraction of sp³-hybridized carbons (Fsp3) is 0.250. The number of benzene rings is 2. The lowest BCUT2D eigenvalue weighted by Gasteiger charge is -2.20. The molecule has 20 heavy (non-hydrogen) atoms. The van der Waals surface area contributed by atoms with E-state index in [4.69, 9.17) is 16.3 Å². The van der Waals surface area contributed by atoms with Crippen molar-refractivity contribution in [1.29, 1.82) is 0 Å². The molecule has 0 aromatic heterocycles. The van der Waals surface area contributed by atoms with Gasteiger partial charge < -0.3 is 10.1 Å². The van der Waals surface area contributed by atoms with Crippen LogP contribution in [0.4, 0.5) is 5.69 Å². The summed E-state index contributed by atoms with van der Waals surface area (Å²) in [6.07, 6.45) is 0. The van der Waals surface area contributed by atoms with Gasteiger partial charge in [-0.1, -0.05) is 39.7 Å². The summed E-state index contributed by atoms with van der Waals surface area (Å²) in [6.45, 7) is 4.17. The maximum atomic E-state index is 5.92. The molecule has 0 aliphatic heterocycles. The molecule has 0 amide bonds. The van der Waals surface area contributed by atoms with Gasteiger partial charge in [-0.15, -0.1) is 0 Å². The molecule has 0 aliphatic rings. The Morgan fingerprint density at radius 1 is 1.20 bits per heavy atom. The molecule has 0 bridgehead atoms. The third-order valence-corrected chi connectivity index (χ3v) is 3.92. The normalized spacial score (nSPS) is 12.1. The molecular weight excluding hydrogens is 338 g/mol. The van der Waals surface area contributed by atoms with Gasteiger partial charge in [0.1, 0.15) is 5.75 Å². The van der Waals surface area contributed by atoms with Gasteiger partial charge in [0, 0.05) is 15.5 Å². The maximum absolute atomic E-state index is 5.92. The number of halogens is 2. The van der Waals surface area contributed by atoms with Crippen LogP contribution in [0.15, 0.2) is 40.9 Å². The number of rotatable bonds is 4. The Morgan fingerprint density at radius 3 is 2.45 bits per heavy atom. The van der Waals surface area contributed by atoms with E-state index in [1.54, 1.807) is 7.11 Å². The van der Waals surface area contributed by atoms with Crippen molar-refractivity contribution in [2.75, 3.05) is 12.4 Å². The molecule has 2 aromatic carbocycles. The summed E-state index contributed by atoms with van der Waals surface area (Å²) in [7, 11) is 1.68. The summed E-state index contributed by atoms with van der Waals surface area (Å²) in [6, 6.07) is 12.1. The second-order valence-corrected chi connectivity index (χ2v) is 6.07. The quantitative estimate of drug-likeness (QED) is 0.772. The van der Waals surface area contributed by atoms with Crippen molar-refractivity contribution in [3.63, 3.8) is 0 Å². The number of hydrogen-bond acceptors (Lipinski definition) is 2. The molecule has 1 N–H and O–H groups in total. The molecule has 2 aromatic rings. The predicted molar refractivity (Wildman–Crippen MR) is 88.9 cm³/mol. The number of ether oxygens (including phenoxy) is 1. The topological polar surface area (TPSA) is 21.3 Å². The van der Waals surface area contributed by atoms with Crippen molar-refractivity contribution in [2.24, 2.45) is 0 Å². The number of methoxy groups -OCH3 is 1. The lowest BCUT2D eigenvalue weighted by molar-refractivity contribution is 0.415. The maximum Gasteiger partial charge on any atom is 0.143 e. The molecule has 1 unspecified atom stereocenters. The van der Waals surface area contributed by atoms with E-state index in [1.165, 1.54) is 5.56 Å². The van der Waals surface area contributed by atoms with E-state index in [0.717, 1.165) is 26.5 Å². The van der Waals surface area contributed by atoms with Gasteiger partial charge in [-0.25, -0.2) is 0 Å². The van der Waals surface area contributed by atoms with Gasteiger partial charge in [-0.3, -0.25) is 0 Å². The first-order chi connectivity index (χ1) is 9.51. The Hall–Kier alpha value is -1.19. The number of anilines is 1. The summed E-state index contributed by atoms with van der Waals surface area (Å²) in [4.78, 5) is 0. The van der Waals surface area contributed by atoms with Crippen LogP contribution in [0.3, 0.4) is 0 Å². The first kappa shape index (κ1) is 15.2. The van der Waals surface area contributed by atoms with Gasteiger partial charge in [0.05, 0.1) is 12.8 Å². The van der Waals surface area contributed by atoms with E-state index in [2.05, 4.69) is 41.2 Å². The van der Waals surface area contributed by atoms with Crippen LogP contribution in [0.2, 0.25) is 5.02 Å². The number of nitrogens with one attached hydrogen (secondary N) is 1. The van der Waals surface area contributed by atoms with Crippen LogP contribution in [-0.4, -0.2) is 7.11 Å². The van der Waals surface area contributed by atoms with Crippen LogP contribution in [0.1, 0.15) is 24.1 Å². The van der Waals surface area contributed by atoms with Crippen molar-refractivity contribution in [2.45, 2.75) is 19.9 Å². The van der Waals surface area contributed by atoms with E-state index >= 15 is 0 Å². The molecule has 2 rings (SSSR count). The van der Waals surface area contributed by atoms with Gasteiger partial charge in [-0.2, -0.15) is 0 Å². The third-order valence-electron chi connectivity index (χ3n) is 3.21. The highest BCUT2D eigenvalue weighted by molar-refractivity contribution is 9.10. The van der Waals surface area contributed by atoms with E-state index in [-0.39, 0.29) is 6.04 Å². The highest BCUT2D eigenvalue weighted by atomic mass is 79.9. The van der Waals surface area contributed by atoms with E-state index in [1.807, 2.05) is 30.3 Å². The van der Waals surface area contributed by atoms with Gasteiger partial charge in [0.25, 0.3) is 0 Å². The van der Waals surface area contributed by atoms with Crippen molar-refractivity contribution >= 4 is 33.2 Å². The molecular formula is C16H17BrClNO. The van der Waals surface area contributed by atoms with E-state index < -0.39 is 0 Å². The molecule has 4 heteroatoms. The van der Waals surface area contributed by atoms with Crippen molar-refractivity contribution in [3.8, 4) is 5.75 Å². The van der Waals surface area contributed by atoms with Crippen LogP contribution < -0.4 is 10.1 Å². The molecule has 0 spiro atoms. The Kier molecular flexibility index (Phi) is 4.95. The molecule has 0 saturated carbocycles. The summed E-state index contributed by atoms with van der Waals surface area (Å²) in [5, 5.41) is 4.25. The smallest absolute Gasteiger partial charge is 0.143 e. The predicted octanol–water partition coefficient (Wildman–Crippen LogP) is 5.59. The summed E-state index contributed by atoms with van der Waals surface area (Å²) < 4.78 is 6.46. The van der Waals surface area contributed by atoms with Crippen LogP contribution in [0.25, 0.3) is 0 Å². The third kappa shape index (κ3) is 3.47. The van der Waals surface area contributed by atoms with Crippen LogP contribution in [0, 0.1) is 6.92 Å². The zero-order chi connectivity index (χ0) is 14.7. The molecule has 2 nitrogen and oxygen atoms in total. The average molecular weight is 355 g/mol. The molecule has 0 fully saturated rings. The minimum Gasteiger partial charge on any atom is -0.495 e. The minimum atomic E-state index is 0.168. The second-order valence-electron chi connectivity index (χ2n) is 4.72. The molecule has 1 atom stereocenters. The van der Waals surface area contributed by atoms with Crippen LogP contribution in [-0.2, 0) is 0 Å². The Labute approximate surface area is 133 Å². The largest absolute Gasteiger partial charge is 0.495 e. The fourth-order valence-corrected chi connectivity index (χ4v) is 2.79. The Bertz CT molecular complexity index is 598. The van der Waals surface area contributed by atoms with Gasteiger partial charge in [-0.05, 0) is 49.2 Å². The second kappa shape index (κ2) is 6.51. The number of aryl methyl sites for hydroxylation is 1. The monoisotopic (exact) mass is 353 g/mol. The zero-order valence-electron chi connectivity index (χ0n) is 11.7. The first-order valence-electron chi connectivity index (χ1n) is 6.37. The lowest BCUT2D eigenvalue weighted by atomic mass is 10.1. The summed E-state index contributed by atoms with van der Waals surface area (Å²) >= 11 is 9.41. The molecule has 0 heterocycles. The van der Waals surface area contributed by atoms with E-state index in [0.29, 0.717) is 0 Å². The fourth-order valence-electron chi connectivity index (χ4n) is 2.11. The zero-order valence-corrected chi connectivity index (χ0v) is 14.0. The van der Waals surface area contributed by atoms with Crippen LogP contribution in [0.5, 0.6) is 5.75 Å². The van der Waals surface area contributed by atoms with Crippen molar-refractivity contribution in [3.05, 3.63) is 57.0 Å². The number of hydrogen-bond donors (Lipinski definition) is 1. The van der Waals surface area contributed by atoms with E-state index in [9.17, 15) is 0 Å². The summed E-state index contributed by atoms with van der Waals surface area (Å²) in [5.41, 5.74) is 3.33. The van der Waals surface area contributed by atoms with Crippen LogP contribution >= 0.6 is 27.5 Å². The van der Waals surface area contributed by atoms with Crippen molar-refractivity contribution in [1.82, 2.24) is 0 Å². The Balaban J connectivity index is 2.27. The molecule has 0 saturated heterocycles. The molecule has 106 valence electrons. The lowest BCUT2D eigenvalue weighted by Crippen LogP contribution is -2.09.